The Bertz CT molecular complexity index is 1140. The molecule has 2 aromatic heterocycles. The Kier molecular flexibility index (Phi) is 6.48. The number of anilines is 2. The van der Waals surface area contributed by atoms with Gasteiger partial charge in [0.15, 0.2) is 5.65 Å². The summed E-state index contributed by atoms with van der Waals surface area (Å²) in [5.74, 6) is 1.17. The summed E-state index contributed by atoms with van der Waals surface area (Å²) >= 11 is 0. The summed E-state index contributed by atoms with van der Waals surface area (Å²) in [6.07, 6.45) is 3.08. The Hall–Kier alpha value is -3.37. The Morgan fingerprint density at radius 3 is 2.42 bits per heavy atom. The Morgan fingerprint density at radius 2 is 1.72 bits per heavy atom. The van der Waals surface area contributed by atoms with Crippen LogP contribution in [0.25, 0.3) is 5.65 Å². The topological polar surface area (TPSA) is 112 Å². The van der Waals surface area contributed by atoms with Crippen LogP contribution in [0.2, 0.25) is 0 Å². The molecule has 36 heavy (non-hydrogen) atoms. The maximum absolute atomic E-state index is 13.3. The predicted octanol–water partition coefficient (Wildman–Crippen LogP) is 2.37. The summed E-state index contributed by atoms with van der Waals surface area (Å²) in [6.45, 7) is 9.09. The fourth-order valence-electron chi connectivity index (χ4n) is 4.83. The van der Waals surface area contributed by atoms with E-state index in [2.05, 4.69) is 20.3 Å². The highest BCUT2D eigenvalue weighted by Crippen LogP contribution is 2.30. The van der Waals surface area contributed by atoms with Crippen molar-refractivity contribution in [2.75, 3.05) is 49.5 Å². The van der Waals surface area contributed by atoms with Crippen molar-refractivity contribution in [3.05, 3.63) is 18.2 Å². The van der Waals surface area contributed by atoms with E-state index in [1.807, 2.05) is 43.9 Å². The van der Waals surface area contributed by atoms with Gasteiger partial charge in [-0.1, -0.05) is 6.07 Å². The zero-order valence-electron chi connectivity index (χ0n) is 21.3. The lowest BCUT2D eigenvalue weighted by Crippen LogP contribution is -2.53. The molecule has 1 aliphatic carbocycles. The molecule has 0 radical (unpaired) electrons. The lowest BCUT2D eigenvalue weighted by molar-refractivity contribution is -0.137. The fourth-order valence-corrected chi connectivity index (χ4v) is 4.83. The largest absolute Gasteiger partial charge is 0.444 e. The molecule has 2 saturated heterocycles. The van der Waals surface area contributed by atoms with E-state index in [9.17, 15) is 14.4 Å². The molecule has 0 aromatic carbocycles. The van der Waals surface area contributed by atoms with E-state index >= 15 is 0 Å². The smallest absolute Gasteiger partial charge is 0.410 e. The lowest BCUT2D eigenvalue weighted by Gasteiger charge is -2.39. The summed E-state index contributed by atoms with van der Waals surface area (Å²) < 4.78 is 7.26. The predicted molar refractivity (Wildman–Crippen MR) is 134 cm³/mol. The Labute approximate surface area is 210 Å². The first-order chi connectivity index (χ1) is 17.2. The molecule has 2 aromatic rings. The van der Waals surface area contributed by atoms with Gasteiger partial charge in [-0.3, -0.25) is 14.9 Å². The van der Waals surface area contributed by atoms with Crippen molar-refractivity contribution in [1.82, 2.24) is 24.4 Å². The summed E-state index contributed by atoms with van der Waals surface area (Å²) in [7, 11) is 0. The van der Waals surface area contributed by atoms with Crippen LogP contribution >= 0.6 is 0 Å². The highest BCUT2D eigenvalue weighted by Gasteiger charge is 2.34. The van der Waals surface area contributed by atoms with Crippen LogP contribution in [-0.2, 0) is 14.3 Å². The first kappa shape index (κ1) is 24.3. The van der Waals surface area contributed by atoms with Gasteiger partial charge >= 0.3 is 6.09 Å². The van der Waals surface area contributed by atoms with E-state index < -0.39 is 5.60 Å². The van der Waals surface area contributed by atoms with Gasteiger partial charge in [0.25, 0.3) is 0 Å². The molecule has 0 spiro atoms. The van der Waals surface area contributed by atoms with Crippen LogP contribution in [0.4, 0.5) is 16.6 Å². The van der Waals surface area contributed by atoms with Crippen LogP contribution in [0.15, 0.2) is 18.2 Å². The third-order valence-corrected chi connectivity index (χ3v) is 6.86. The quantitative estimate of drug-likeness (QED) is 0.690. The Balaban J connectivity index is 1.19. The molecule has 1 atom stereocenters. The summed E-state index contributed by atoms with van der Waals surface area (Å²) in [5, 5.41) is 7.33. The summed E-state index contributed by atoms with van der Waals surface area (Å²) in [4.78, 5) is 48.1. The van der Waals surface area contributed by atoms with Gasteiger partial charge in [0.05, 0.1) is 5.92 Å². The van der Waals surface area contributed by atoms with Crippen LogP contribution in [0.3, 0.4) is 0 Å². The molecule has 1 unspecified atom stereocenters. The van der Waals surface area contributed by atoms with Crippen LogP contribution in [-0.4, -0.2) is 87.2 Å². The molecule has 3 fully saturated rings. The number of hydrogen-bond donors (Lipinski definition) is 1. The summed E-state index contributed by atoms with van der Waals surface area (Å²) in [5.41, 5.74) is 0.113. The number of fused-ring (bicyclic) bond motifs is 1. The summed E-state index contributed by atoms with van der Waals surface area (Å²) in [6, 6.07) is 5.77. The molecule has 1 N–H and O–H groups in total. The molecule has 11 heteroatoms. The zero-order chi connectivity index (χ0) is 25.4. The number of nitrogens with zero attached hydrogens (tertiary/aromatic N) is 6. The van der Waals surface area contributed by atoms with E-state index in [1.165, 1.54) is 0 Å². The van der Waals surface area contributed by atoms with Crippen molar-refractivity contribution < 1.29 is 19.1 Å². The van der Waals surface area contributed by atoms with E-state index in [0.717, 1.165) is 31.5 Å². The van der Waals surface area contributed by atoms with Gasteiger partial charge in [-0.05, 0) is 58.6 Å². The van der Waals surface area contributed by atoms with Gasteiger partial charge in [0.2, 0.25) is 17.8 Å². The molecule has 2 aliphatic heterocycles. The number of nitrogens with one attached hydrogen (secondary N) is 1. The molecular formula is C25H35N7O4. The van der Waals surface area contributed by atoms with E-state index in [4.69, 9.17) is 4.74 Å². The number of pyridine rings is 1. The normalized spacial score (nSPS) is 21.0. The highest BCUT2D eigenvalue weighted by molar-refractivity contribution is 5.92. The number of carbonyl (C=O) groups excluding carboxylic acids is 3. The van der Waals surface area contributed by atoms with Crippen molar-refractivity contribution in [1.29, 1.82) is 0 Å². The van der Waals surface area contributed by atoms with E-state index in [1.54, 1.807) is 9.42 Å². The average molecular weight is 498 g/mol. The van der Waals surface area contributed by atoms with E-state index in [0.29, 0.717) is 50.9 Å². The number of amides is 3. The second-order valence-corrected chi connectivity index (χ2v) is 10.9. The van der Waals surface area contributed by atoms with Gasteiger partial charge in [-0.15, -0.1) is 5.10 Å². The molecule has 3 aliphatic rings. The van der Waals surface area contributed by atoms with Crippen molar-refractivity contribution in [3.63, 3.8) is 0 Å². The van der Waals surface area contributed by atoms with Crippen molar-refractivity contribution in [3.8, 4) is 0 Å². The minimum Gasteiger partial charge on any atom is -0.444 e. The lowest BCUT2D eigenvalue weighted by atomic mass is 9.96. The monoisotopic (exact) mass is 497 g/mol. The van der Waals surface area contributed by atoms with Crippen molar-refractivity contribution in [2.45, 2.75) is 52.1 Å². The van der Waals surface area contributed by atoms with Crippen LogP contribution in [0.5, 0.6) is 0 Å². The minimum atomic E-state index is -0.555. The number of rotatable bonds is 4. The maximum atomic E-state index is 13.3. The van der Waals surface area contributed by atoms with E-state index in [-0.39, 0.29) is 29.7 Å². The number of likely N-dealkylation sites (tertiary alicyclic amines) is 1. The first-order valence-electron chi connectivity index (χ1n) is 12.9. The van der Waals surface area contributed by atoms with Gasteiger partial charge < -0.3 is 19.4 Å². The third kappa shape index (κ3) is 5.39. The van der Waals surface area contributed by atoms with Gasteiger partial charge in [0, 0.05) is 45.2 Å². The molecule has 0 bridgehead atoms. The Morgan fingerprint density at radius 1 is 0.972 bits per heavy atom. The minimum absolute atomic E-state index is 0.0208. The fraction of sp³-hybridized carbons (Fsp3) is 0.640. The van der Waals surface area contributed by atoms with Crippen LogP contribution in [0.1, 0.15) is 46.5 Å². The zero-order valence-corrected chi connectivity index (χ0v) is 21.3. The van der Waals surface area contributed by atoms with Gasteiger partial charge in [-0.25, -0.2) is 4.79 Å². The number of hydrogen-bond acceptors (Lipinski definition) is 7. The number of aromatic nitrogens is 3. The molecule has 4 heterocycles. The van der Waals surface area contributed by atoms with Gasteiger partial charge in [0.1, 0.15) is 11.4 Å². The number of piperazine rings is 1. The molecular weight excluding hydrogens is 462 g/mol. The van der Waals surface area contributed by atoms with Crippen LogP contribution in [0, 0.1) is 11.8 Å². The second kappa shape index (κ2) is 9.59. The van der Waals surface area contributed by atoms with Crippen molar-refractivity contribution in [2.24, 2.45) is 11.8 Å². The third-order valence-electron chi connectivity index (χ3n) is 6.86. The molecule has 194 valence electrons. The number of carbonyl (C=O) groups is 3. The number of ether oxygens (including phenoxy) is 1. The maximum Gasteiger partial charge on any atom is 0.410 e. The second-order valence-electron chi connectivity index (χ2n) is 10.9. The average Bonchev–Trinajstić information content (AvgIpc) is 3.62. The first-order valence-corrected chi connectivity index (χ1v) is 12.9. The molecule has 3 amide bonds. The van der Waals surface area contributed by atoms with Crippen LogP contribution < -0.4 is 10.2 Å². The standard InChI is InChI=1S/C25H35N7O4/c1-25(2,3)36-24(35)31-11-5-6-18(16-31)22(34)30-14-12-29(13-15-30)20-8-4-7-19-26-23(28-32(19)20)27-21(33)17-9-10-17/h4,7-8,17-18H,5-6,9-16H2,1-3H3,(H,27,28,33). The number of piperidine rings is 1. The highest BCUT2D eigenvalue weighted by atomic mass is 16.6. The van der Waals surface area contributed by atoms with Gasteiger partial charge in [-0.2, -0.15) is 9.50 Å². The molecule has 1 saturated carbocycles. The van der Waals surface area contributed by atoms with Crippen molar-refractivity contribution >= 4 is 35.3 Å². The molecule has 5 rings (SSSR count). The SMILES string of the molecule is CC(C)(C)OC(=O)N1CCCC(C(=O)N2CCN(c3cccc4nc(NC(=O)C5CC5)nn34)CC2)C1. The molecule has 11 nitrogen and oxygen atoms in total.